The molecule has 1 aromatic heterocycles. The molecule has 3 aromatic rings. The molecule has 0 saturated carbocycles. The summed E-state index contributed by atoms with van der Waals surface area (Å²) >= 11 is 0.813. The van der Waals surface area contributed by atoms with Gasteiger partial charge in [0.15, 0.2) is 0 Å². The lowest BCUT2D eigenvalue weighted by Gasteiger charge is -2.18. The fraction of sp³-hybridized carbons (Fsp3) is 0.250. The number of benzene rings is 2. The maximum Gasteiger partial charge on any atom is 0.269 e. The van der Waals surface area contributed by atoms with Crippen LogP contribution in [0.25, 0.3) is 0 Å². The number of hydrogen-bond donors (Lipinski definition) is 2. The highest BCUT2D eigenvalue weighted by molar-refractivity contribution is 7.91. The summed E-state index contributed by atoms with van der Waals surface area (Å²) in [5.74, 6) is -0.365. The first-order valence-electron chi connectivity index (χ1n) is 9.32. The monoisotopic (exact) mass is 445 g/mol. The Labute approximate surface area is 180 Å². The lowest BCUT2D eigenvalue weighted by Crippen LogP contribution is -2.28. The zero-order valence-electron chi connectivity index (χ0n) is 16.7. The van der Waals surface area contributed by atoms with Gasteiger partial charge < -0.3 is 4.90 Å². The normalized spacial score (nSPS) is 11.3. The van der Waals surface area contributed by atoms with Gasteiger partial charge in [0.2, 0.25) is 9.47 Å². The second kappa shape index (κ2) is 9.79. The van der Waals surface area contributed by atoms with Gasteiger partial charge in [0.05, 0.1) is 0 Å². The predicted molar refractivity (Wildman–Crippen MR) is 119 cm³/mol. The molecule has 0 saturated heterocycles. The number of aryl methyl sites for hydroxylation is 1. The van der Waals surface area contributed by atoms with Gasteiger partial charge in [-0.05, 0) is 37.6 Å². The molecule has 8 nitrogen and oxygen atoms in total. The summed E-state index contributed by atoms with van der Waals surface area (Å²) in [6, 6.07) is 16.9. The highest BCUT2D eigenvalue weighted by atomic mass is 32.2. The molecule has 10 heteroatoms. The van der Waals surface area contributed by atoms with E-state index in [0.717, 1.165) is 22.6 Å². The molecule has 0 bridgehead atoms. The first-order chi connectivity index (χ1) is 14.3. The molecule has 1 heterocycles. The summed E-state index contributed by atoms with van der Waals surface area (Å²) in [4.78, 5) is 14.3. The summed E-state index contributed by atoms with van der Waals surface area (Å²) < 4.78 is 27.2. The second-order valence-electron chi connectivity index (χ2n) is 6.71. The standard InChI is InChI=1S/C20H23N5O3S2/c1-15-8-6-9-16(14-15)18(26)22-19-23-24-20(29-19)30(27,28)21-12-7-13-25(2)17-10-4-3-5-11-17/h3-6,8-11,14,21H,7,12-13H2,1-2H3,(H,22,23,26). The Balaban J connectivity index is 1.52. The number of nitrogens with zero attached hydrogens (tertiary/aromatic N) is 3. The summed E-state index contributed by atoms with van der Waals surface area (Å²) in [6.45, 7) is 2.85. The third-order valence-electron chi connectivity index (χ3n) is 4.30. The van der Waals surface area contributed by atoms with Crippen molar-refractivity contribution in [1.82, 2.24) is 14.9 Å². The van der Waals surface area contributed by atoms with Gasteiger partial charge >= 0.3 is 0 Å². The van der Waals surface area contributed by atoms with Gasteiger partial charge in [-0.15, -0.1) is 10.2 Å². The van der Waals surface area contributed by atoms with Crippen LogP contribution in [0.15, 0.2) is 58.9 Å². The fourth-order valence-corrected chi connectivity index (χ4v) is 4.73. The summed E-state index contributed by atoms with van der Waals surface area (Å²) in [5.41, 5.74) is 2.49. The van der Waals surface area contributed by atoms with Crippen LogP contribution in [0.1, 0.15) is 22.3 Å². The SMILES string of the molecule is Cc1cccc(C(=O)Nc2nnc(S(=O)(=O)NCCCN(C)c3ccccc3)s2)c1. The van der Waals surface area contributed by atoms with Crippen molar-refractivity contribution in [3.8, 4) is 0 Å². The van der Waals surface area contributed by atoms with E-state index in [9.17, 15) is 13.2 Å². The van der Waals surface area contributed by atoms with Crippen LogP contribution in [0.2, 0.25) is 0 Å². The van der Waals surface area contributed by atoms with Crippen LogP contribution >= 0.6 is 11.3 Å². The van der Waals surface area contributed by atoms with Gasteiger partial charge in [0.25, 0.3) is 15.9 Å². The van der Waals surface area contributed by atoms with E-state index in [1.807, 2.05) is 50.4 Å². The Morgan fingerprint density at radius 3 is 2.60 bits per heavy atom. The lowest BCUT2D eigenvalue weighted by atomic mass is 10.1. The highest BCUT2D eigenvalue weighted by Gasteiger charge is 2.20. The molecule has 158 valence electrons. The van der Waals surface area contributed by atoms with E-state index in [4.69, 9.17) is 0 Å². The van der Waals surface area contributed by atoms with E-state index >= 15 is 0 Å². The van der Waals surface area contributed by atoms with E-state index in [2.05, 4.69) is 25.1 Å². The largest absolute Gasteiger partial charge is 0.375 e. The molecule has 30 heavy (non-hydrogen) atoms. The molecule has 0 fully saturated rings. The number of aromatic nitrogens is 2. The van der Waals surface area contributed by atoms with Gasteiger partial charge in [-0.25, -0.2) is 13.1 Å². The van der Waals surface area contributed by atoms with Crippen molar-refractivity contribution in [2.24, 2.45) is 0 Å². The summed E-state index contributed by atoms with van der Waals surface area (Å²) in [5, 5.41) is 10.2. The molecule has 0 spiro atoms. The minimum atomic E-state index is -3.78. The molecular formula is C20H23N5O3S2. The van der Waals surface area contributed by atoms with Gasteiger partial charge in [-0.3, -0.25) is 10.1 Å². The van der Waals surface area contributed by atoms with Gasteiger partial charge in [-0.1, -0.05) is 47.2 Å². The van der Waals surface area contributed by atoms with Gasteiger partial charge in [0.1, 0.15) is 0 Å². The Morgan fingerprint density at radius 1 is 1.10 bits per heavy atom. The van der Waals surface area contributed by atoms with Crippen molar-refractivity contribution in [3.05, 3.63) is 65.7 Å². The molecule has 1 amide bonds. The molecular weight excluding hydrogens is 422 g/mol. The van der Waals surface area contributed by atoms with Crippen molar-refractivity contribution in [2.45, 2.75) is 17.7 Å². The molecule has 0 aliphatic rings. The van der Waals surface area contributed by atoms with Crippen LogP contribution in [0.5, 0.6) is 0 Å². The van der Waals surface area contributed by atoms with Crippen LogP contribution in [0.4, 0.5) is 10.8 Å². The van der Waals surface area contributed by atoms with E-state index in [0.29, 0.717) is 18.5 Å². The van der Waals surface area contributed by atoms with Crippen LogP contribution in [0, 0.1) is 6.92 Å². The number of rotatable bonds is 9. The van der Waals surface area contributed by atoms with Gasteiger partial charge in [-0.2, -0.15) is 0 Å². The second-order valence-corrected chi connectivity index (χ2v) is 9.62. The fourth-order valence-electron chi connectivity index (χ4n) is 2.72. The van der Waals surface area contributed by atoms with Gasteiger partial charge in [0, 0.05) is 31.4 Å². The molecule has 0 aliphatic heterocycles. The lowest BCUT2D eigenvalue weighted by molar-refractivity contribution is 0.102. The number of amides is 1. The topological polar surface area (TPSA) is 104 Å². The third-order valence-corrected chi connectivity index (χ3v) is 6.96. The Kier molecular flexibility index (Phi) is 7.14. The number of nitrogens with one attached hydrogen (secondary N) is 2. The average Bonchev–Trinajstić information content (AvgIpc) is 3.21. The van der Waals surface area contributed by atoms with Crippen molar-refractivity contribution in [2.75, 3.05) is 30.4 Å². The number of hydrogen-bond acceptors (Lipinski definition) is 7. The van der Waals surface area contributed by atoms with Crippen molar-refractivity contribution in [1.29, 1.82) is 0 Å². The third kappa shape index (κ3) is 5.85. The summed E-state index contributed by atoms with van der Waals surface area (Å²) in [6.07, 6.45) is 0.625. The molecule has 2 aromatic carbocycles. The first-order valence-corrected chi connectivity index (χ1v) is 11.6. The predicted octanol–water partition coefficient (Wildman–Crippen LogP) is 2.90. The molecule has 0 radical (unpaired) electrons. The first kappa shape index (κ1) is 21.9. The van der Waals surface area contributed by atoms with Crippen molar-refractivity contribution in [3.63, 3.8) is 0 Å². The zero-order valence-corrected chi connectivity index (χ0v) is 18.3. The Hall–Kier alpha value is -2.82. The highest BCUT2D eigenvalue weighted by Crippen LogP contribution is 2.20. The van der Waals surface area contributed by atoms with Crippen molar-refractivity contribution >= 4 is 38.1 Å². The number of carbonyl (C=O) groups is 1. The number of sulfonamides is 1. The van der Waals surface area contributed by atoms with Crippen LogP contribution in [-0.4, -0.2) is 44.7 Å². The molecule has 0 atom stereocenters. The van der Waals surface area contributed by atoms with E-state index < -0.39 is 10.0 Å². The summed E-state index contributed by atoms with van der Waals surface area (Å²) in [7, 11) is -1.83. The van der Waals surface area contributed by atoms with Crippen molar-refractivity contribution < 1.29 is 13.2 Å². The van der Waals surface area contributed by atoms with Crippen LogP contribution in [-0.2, 0) is 10.0 Å². The Morgan fingerprint density at radius 2 is 1.87 bits per heavy atom. The number of para-hydroxylation sites is 1. The number of carbonyl (C=O) groups excluding carboxylic acids is 1. The molecule has 3 rings (SSSR count). The van der Waals surface area contributed by atoms with E-state index in [1.165, 1.54) is 0 Å². The van der Waals surface area contributed by atoms with E-state index in [1.54, 1.807) is 18.2 Å². The minimum Gasteiger partial charge on any atom is -0.375 e. The number of anilines is 2. The average molecular weight is 446 g/mol. The zero-order chi connectivity index (χ0) is 21.6. The molecule has 0 unspecified atom stereocenters. The van der Waals surface area contributed by atoms with E-state index in [-0.39, 0.29) is 21.9 Å². The minimum absolute atomic E-state index is 0.130. The maximum atomic E-state index is 12.4. The van der Waals surface area contributed by atoms with Crippen LogP contribution < -0.4 is 14.9 Å². The molecule has 2 N–H and O–H groups in total. The Bertz CT molecular complexity index is 1100. The quantitative estimate of drug-likeness (QED) is 0.388. The maximum absolute atomic E-state index is 12.4. The smallest absolute Gasteiger partial charge is 0.269 e. The molecule has 0 aliphatic carbocycles. The van der Waals surface area contributed by atoms with Crippen LogP contribution in [0.3, 0.4) is 0 Å².